The number of sulfonamides is 1. The number of nitrogens with two attached hydrogens (primary N) is 1. The zero-order chi connectivity index (χ0) is 15.2. The molecule has 8 heteroatoms. The van der Waals surface area contributed by atoms with Crippen LogP contribution in [0.3, 0.4) is 0 Å². The van der Waals surface area contributed by atoms with Gasteiger partial charge in [0.05, 0.1) is 10.5 Å². The molecule has 0 bridgehead atoms. The number of halogens is 1. The van der Waals surface area contributed by atoms with Crippen LogP contribution in [0.5, 0.6) is 0 Å². The van der Waals surface area contributed by atoms with E-state index in [0.29, 0.717) is 19.6 Å². The lowest BCUT2D eigenvalue weighted by molar-refractivity contribution is 0.146. The Hall–Kier alpha value is -1.09. The highest BCUT2D eigenvalue weighted by molar-refractivity contribution is 7.89. The molecule has 0 saturated heterocycles. The molecule has 112 valence electrons. The van der Waals surface area contributed by atoms with Gasteiger partial charge in [-0.25, -0.2) is 17.5 Å². The molecule has 0 aliphatic heterocycles. The molecule has 3 N–H and O–H groups in total. The van der Waals surface area contributed by atoms with E-state index in [-0.39, 0.29) is 22.0 Å². The minimum Gasteiger partial charge on any atom is -0.389 e. The highest BCUT2D eigenvalue weighted by atomic mass is 32.2. The molecule has 0 heterocycles. The fourth-order valence-electron chi connectivity index (χ4n) is 1.57. The lowest BCUT2D eigenvalue weighted by atomic mass is 10.2. The van der Waals surface area contributed by atoms with E-state index in [2.05, 4.69) is 4.72 Å². The number of ether oxygens (including phenoxy) is 1. The summed E-state index contributed by atoms with van der Waals surface area (Å²) >= 11 is 4.70. The number of hydrogen-bond donors (Lipinski definition) is 2. The second kappa shape index (κ2) is 7.63. The first-order valence-electron chi connectivity index (χ1n) is 6.06. The van der Waals surface area contributed by atoms with Crippen molar-refractivity contribution in [3.63, 3.8) is 0 Å². The first-order valence-corrected chi connectivity index (χ1v) is 7.95. The van der Waals surface area contributed by atoms with Crippen LogP contribution in [-0.4, -0.2) is 33.2 Å². The molecular weight excluding hydrogens is 303 g/mol. The van der Waals surface area contributed by atoms with E-state index in [0.717, 1.165) is 6.07 Å². The second-order valence-corrected chi connectivity index (χ2v) is 6.10. The molecule has 1 aromatic carbocycles. The highest BCUT2D eigenvalue weighted by Gasteiger charge is 2.22. The number of hydrogen-bond acceptors (Lipinski definition) is 4. The zero-order valence-electron chi connectivity index (χ0n) is 11.1. The molecule has 0 unspecified atom stereocenters. The molecule has 0 radical (unpaired) electrons. The molecule has 0 aromatic heterocycles. The van der Waals surface area contributed by atoms with Crippen LogP contribution in [0, 0.1) is 5.82 Å². The molecule has 0 aliphatic carbocycles. The van der Waals surface area contributed by atoms with E-state index in [4.69, 9.17) is 22.7 Å². The Bertz CT molecular complexity index is 576. The highest BCUT2D eigenvalue weighted by Crippen LogP contribution is 2.18. The summed E-state index contributed by atoms with van der Waals surface area (Å²) in [5, 5.41) is 0. The van der Waals surface area contributed by atoms with Crippen molar-refractivity contribution in [1.82, 2.24) is 4.72 Å². The van der Waals surface area contributed by atoms with E-state index in [1.165, 1.54) is 12.1 Å². The molecule has 0 saturated carbocycles. The molecule has 0 fully saturated rings. The van der Waals surface area contributed by atoms with Gasteiger partial charge in [-0.2, -0.15) is 0 Å². The van der Waals surface area contributed by atoms with Crippen molar-refractivity contribution in [3.05, 3.63) is 29.6 Å². The van der Waals surface area contributed by atoms with Crippen LogP contribution in [0.4, 0.5) is 4.39 Å². The predicted octanol–water partition coefficient (Wildman–Crippen LogP) is 1.16. The standard InChI is InChI=1S/C12H17FN2O3S2/c1-2-18-8-4-7-15-20(16,17)10-6-3-5-9(13)11(10)12(14)19/h3,5-6,15H,2,4,7-8H2,1H3,(H2,14,19). The SMILES string of the molecule is CCOCCCNS(=O)(=O)c1cccc(F)c1C(N)=S. The summed E-state index contributed by atoms with van der Waals surface area (Å²) in [5.41, 5.74) is 5.12. The van der Waals surface area contributed by atoms with Gasteiger partial charge in [-0.3, -0.25) is 0 Å². The summed E-state index contributed by atoms with van der Waals surface area (Å²) in [5.74, 6) is -0.755. The third-order valence-electron chi connectivity index (χ3n) is 2.47. The fraction of sp³-hybridized carbons (Fsp3) is 0.417. The van der Waals surface area contributed by atoms with Gasteiger partial charge < -0.3 is 10.5 Å². The average Bonchev–Trinajstić information content (AvgIpc) is 2.37. The van der Waals surface area contributed by atoms with Gasteiger partial charge in [0.2, 0.25) is 10.0 Å². The minimum atomic E-state index is -3.86. The van der Waals surface area contributed by atoms with E-state index < -0.39 is 15.8 Å². The maximum absolute atomic E-state index is 13.6. The molecule has 0 amide bonds. The summed E-state index contributed by atoms with van der Waals surface area (Å²) in [4.78, 5) is -0.542. The fourth-order valence-corrected chi connectivity index (χ4v) is 3.14. The lowest BCUT2D eigenvalue weighted by Crippen LogP contribution is -2.28. The van der Waals surface area contributed by atoms with Crippen molar-refractivity contribution in [2.75, 3.05) is 19.8 Å². The third-order valence-corrected chi connectivity index (χ3v) is 4.18. The third kappa shape index (κ3) is 4.48. The van der Waals surface area contributed by atoms with Gasteiger partial charge in [0.25, 0.3) is 0 Å². The van der Waals surface area contributed by atoms with Gasteiger partial charge in [0, 0.05) is 19.8 Å². The summed E-state index contributed by atoms with van der Waals surface area (Å²) in [6.45, 7) is 3.06. The van der Waals surface area contributed by atoms with Gasteiger partial charge in [-0.1, -0.05) is 18.3 Å². The summed E-state index contributed by atoms with van der Waals surface area (Å²) < 4.78 is 45.3. The second-order valence-electron chi connectivity index (χ2n) is 3.93. The van der Waals surface area contributed by atoms with Crippen molar-refractivity contribution < 1.29 is 17.5 Å². The molecule has 0 aliphatic rings. The summed E-state index contributed by atoms with van der Waals surface area (Å²) in [6.07, 6.45) is 0.519. The zero-order valence-corrected chi connectivity index (χ0v) is 12.7. The van der Waals surface area contributed by atoms with Crippen molar-refractivity contribution >= 4 is 27.2 Å². The normalized spacial score (nSPS) is 11.5. The Morgan fingerprint density at radius 2 is 2.20 bits per heavy atom. The van der Waals surface area contributed by atoms with Crippen LogP contribution in [0.1, 0.15) is 18.9 Å². The Kier molecular flexibility index (Phi) is 6.47. The van der Waals surface area contributed by atoms with Gasteiger partial charge in [-0.05, 0) is 25.5 Å². The number of rotatable bonds is 8. The van der Waals surface area contributed by atoms with Crippen LogP contribution in [-0.2, 0) is 14.8 Å². The van der Waals surface area contributed by atoms with Gasteiger partial charge in [0.15, 0.2) is 0 Å². The topological polar surface area (TPSA) is 81.4 Å². The largest absolute Gasteiger partial charge is 0.389 e. The summed E-state index contributed by atoms with van der Waals surface area (Å²) in [6, 6.07) is 3.68. The Labute approximate surface area is 123 Å². The molecular formula is C12H17FN2O3S2. The Morgan fingerprint density at radius 3 is 2.80 bits per heavy atom. The van der Waals surface area contributed by atoms with Gasteiger partial charge in [-0.15, -0.1) is 0 Å². The van der Waals surface area contributed by atoms with E-state index in [1.54, 1.807) is 0 Å². The van der Waals surface area contributed by atoms with Crippen molar-refractivity contribution in [2.24, 2.45) is 5.73 Å². The van der Waals surface area contributed by atoms with Crippen molar-refractivity contribution in [3.8, 4) is 0 Å². The molecule has 20 heavy (non-hydrogen) atoms. The summed E-state index contributed by atoms with van der Waals surface area (Å²) in [7, 11) is -3.86. The average molecular weight is 320 g/mol. The lowest BCUT2D eigenvalue weighted by Gasteiger charge is -2.11. The molecule has 0 spiro atoms. The van der Waals surface area contributed by atoms with E-state index >= 15 is 0 Å². The van der Waals surface area contributed by atoms with E-state index in [9.17, 15) is 12.8 Å². The number of nitrogens with one attached hydrogen (secondary N) is 1. The quantitative estimate of drug-likeness (QED) is 0.555. The van der Waals surface area contributed by atoms with Crippen molar-refractivity contribution in [2.45, 2.75) is 18.2 Å². The number of thiocarbonyl (C=S) groups is 1. The van der Waals surface area contributed by atoms with Crippen LogP contribution in [0.25, 0.3) is 0 Å². The van der Waals surface area contributed by atoms with E-state index in [1.807, 2.05) is 6.92 Å². The minimum absolute atomic E-state index is 0.190. The monoisotopic (exact) mass is 320 g/mol. The van der Waals surface area contributed by atoms with Crippen LogP contribution in [0.15, 0.2) is 23.1 Å². The maximum Gasteiger partial charge on any atom is 0.241 e. The van der Waals surface area contributed by atoms with Crippen molar-refractivity contribution in [1.29, 1.82) is 0 Å². The van der Waals surface area contributed by atoms with Crippen LogP contribution < -0.4 is 10.5 Å². The molecule has 0 atom stereocenters. The molecule has 1 rings (SSSR count). The predicted molar refractivity (Wildman–Crippen MR) is 78.6 cm³/mol. The van der Waals surface area contributed by atoms with Gasteiger partial charge in [0.1, 0.15) is 10.8 Å². The Balaban J connectivity index is 2.88. The Morgan fingerprint density at radius 1 is 1.50 bits per heavy atom. The van der Waals surface area contributed by atoms with Crippen LogP contribution in [0.2, 0.25) is 0 Å². The smallest absolute Gasteiger partial charge is 0.241 e. The maximum atomic E-state index is 13.6. The van der Waals surface area contributed by atoms with Gasteiger partial charge >= 0.3 is 0 Å². The molecule has 5 nitrogen and oxygen atoms in total. The first kappa shape index (κ1) is 17.0. The molecule has 1 aromatic rings. The first-order chi connectivity index (χ1) is 9.40. The number of benzene rings is 1. The van der Waals surface area contributed by atoms with Crippen LogP contribution >= 0.6 is 12.2 Å².